The van der Waals surface area contributed by atoms with Crippen LogP contribution in [0, 0.1) is 6.92 Å². The summed E-state index contributed by atoms with van der Waals surface area (Å²) in [5.74, 6) is 1.16. The molecular formula is C18H20N4O2S. The number of amides is 1. The highest BCUT2D eigenvalue weighted by molar-refractivity contribution is 7.18. The zero-order chi connectivity index (χ0) is 17.3. The zero-order valence-corrected chi connectivity index (χ0v) is 14.9. The molecule has 0 atom stereocenters. The van der Waals surface area contributed by atoms with E-state index in [9.17, 15) is 4.79 Å². The fourth-order valence-electron chi connectivity index (χ4n) is 3.45. The van der Waals surface area contributed by atoms with Gasteiger partial charge in [0.15, 0.2) is 5.82 Å². The van der Waals surface area contributed by atoms with Crippen molar-refractivity contribution in [3.8, 4) is 0 Å². The van der Waals surface area contributed by atoms with Crippen LogP contribution in [0.15, 0.2) is 28.8 Å². The maximum atomic E-state index is 12.6. The number of carbonyl (C=O) groups is 1. The van der Waals surface area contributed by atoms with Crippen molar-refractivity contribution in [2.45, 2.75) is 51.0 Å². The molecule has 7 heteroatoms. The first-order valence-corrected chi connectivity index (χ1v) is 9.43. The Morgan fingerprint density at radius 2 is 2.08 bits per heavy atom. The monoisotopic (exact) mass is 356 g/mol. The van der Waals surface area contributed by atoms with E-state index in [-0.39, 0.29) is 5.91 Å². The van der Waals surface area contributed by atoms with E-state index in [1.54, 1.807) is 18.3 Å². The molecule has 1 aliphatic carbocycles. The van der Waals surface area contributed by atoms with E-state index in [0.717, 1.165) is 40.9 Å². The van der Waals surface area contributed by atoms with Gasteiger partial charge in [-0.15, -0.1) is 11.3 Å². The maximum absolute atomic E-state index is 12.6. The van der Waals surface area contributed by atoms with Gasteiger partial charge in [0.1, 0.15) is 5.54 Å². The van der Waals surface area contributed by atoms with Gasteiger partial charge in [-0.3, -0.25) is 4.79 Å². The molecule has 6 nitrogen and oxygen atoms in total. The smallest absolute Gasteiger partial charge is 0.223 e. The third-order valence-corrected chi connectivity index (χ3v) is 5.79. The quantitative estimate of drug-likeness (QED) is 0.757. The van der Waals surface area contributed by atoms with Crippen LogP contribution in [-0.4, -0.2) is 21.0 Å². The van der Waals surface area contributed by atoms with Crippen LogP contribution in [0.5, 0.6) is 0 Å². The fraction of sp³-hybridized carbons (Fsp3) is 0.444. The van der Waals surface area contributed by atoms with Crippen molar-refractivity contribution >= 4 is 27.5 Å². The van der Waals surface area contributed by atoms with E-state index >= 15 is 0 Å². The second kappa shape index (κ2) is 6.55. The van der Waals surface area contributed by atoms with Crippen molar-refractivity contribution in [3.63, 3.8) is 0 Å². The van der Waals surface area contributed by atoms with Gasteiger partial charge in [0.2, 0.25) is 11.8 Å². The highest BCUT2D eigenvalue weighted by atomic mass is 32.1. The fourth-order valence-corrected chi connectivity index (χ4v) is 4.42. The van der Waals surface area contributed by atoms with Crippen LogP contribution in [-0.2, 0) is 16.8 Å². The van der Waals surface area contributed by atoms with Gasteiger partial charge in [0.25, 0.3) is 0 Å². The predicted molar refractivity (Wildman–Crippen MR) is 95.3 cm³/mol. The van der Waals surface area contributed by atoms with Crippen molar-refractivity contribution in [2.24, 2.45) is 0 Å². The number of nitrogens with zero attached hydrogens (tertiary/aromatic N) is 3. The van der Waals surface area contributed by atoms with Gasteiger partial charge in [-0.25, -0.2) is 4.98 Å². The molecule has 2 heterocycles. The number of rotatable bonds is 5. The summed E-state index contributed by atoms with van der Waals surface area (Å²) < 4.78 is 6.29. The summed E-state index contributed by atoms with van der Waals surface area (Å²) in [4.78, 5) is 21.5. The van der Waals surface area contributed by atoms with Gasteiger partial charge in [0, 0.05) is 19.8 Å². The minimum absolute atomic E-state index is 0.0172. The first-order valence-electron chi connectivity index (χ1n) is 8.61. The molecule has 0 bridgehead atoms. The molecule has 1 N–H and O–H groups in total. The predicted octanol–water partition coefficient (Wildman–Crippen LogP) is 3.51. The normalized spacial score (nSPS) is 16.4. The Kier molecular flexibility index (Phi) is 4.25. The molecule has 0 radical (unpaired) electrons. The van der Waals surface area contributed by atoms with Crippen LogP contribution in [0.4, 0.5) is 0 Å². The number of benzene rings is 1. The van der Waals surface area contributed by atoms with Gasteiger partial charge < -0.3 is 9.84 Å². The Hall–Kier alpha value is -2.28. The molecule has 3 aromatic rings. The highest BCUT2D eigenvalue weighted by Gasteiger charge is 2.41. The van der Waals surface area contributed by atoms with E-state index in [0.29, 0.717) is 24.6 Å². The number of aromatic nitrogens is 3. The van der Waals surface area contributed by atoms with Gasteiger partial charge in [0.05, 0.1) is 15.2 Å². The molecule has 0 unspecified atom stereocenters. The molecule has 0 aliphatic heterocycles. The van der Waals surface area contributed by atoms with Crippen LogP contribution >= 0.6 is 11.3 Å². The summed E-state index contributed by atoms with van der Waals surface area (Å²) in [6.45, 7) is 1.77. The number of aryl methyl sites for hydroxylation is 2. The van der Waals surface area contributed by atoms with Gasteiger partial charge in [-0.1, -0.05) is 30.1 Å². The summed E-state index contributed by atoms with van der Waals surface area (Å²) >= 11 is 1.65. The van der Waals surface area contributed by atoms with E-state index in [2.05, 4.69) is 26.5 Å². The number of thiazole rings is 1. The van der Waals surface area contributed by atoms with Crippen molar-refractivity contribution in [2.75, 3.05) is 0 Å². The number of fused-ring (bicyclic) bond motifs is 1. The summed E-state index contributed by atoms with van der Waals surface area (Å²) in [6, 6.07) is 8.05. The van der Waals surface area contributed by atoms with Crippen LogP contribution in [0.25, 0.3) is 10.2 Å². The molecule has 25 heavy (non-hydrogen) atoms. The van der Waals surface area contributed by atoms with Crippen LogP contribution < -0.4 is 5.32 Å². The van der Waals surface area contributed by atoms with Crippen LogP contribution in [0.1, 0.15) is 48.8 Å². The number of hydrogen-bond acceptors (Lipinski definition) is 6. The molecule has 1 fully saturated rings. The van der Waals surface area contributed by atoms with Crippen LogP contribution in [0.3, 0.4) is 0 Å². The van der Waals surface area contributed by atoms with Gasteiger partial charge >= 0.3 is 0 Å². The maximum Gasteiger partial charge on any atom is 0.223 e. The molecule has 4 rings (SSSR count). The molecule has 0 saturated heterocycles. The third-order valence-electron chi connectivity index (χ3n) is 4.70. The zero-order valence-electron chi connectivity index (χ0n) is 14.1. The largest absolute Gasteiger partial charge is 0.343 e. The molecule has 1 saturated carbocycles. The molecule has 1 aliphatic rings. The second-order valence-corrected chi connectivity index (χ2v) is 7.66. The SMILES string of the molecule is Cc1nc(C2(NC(=O)CCc3nc4ccccc4s3)CCCC2)no1. The third kappa shape index (κ3) is 3.28. The highest BCUT2D eigenvalue weighted by Crippen LogP contribution is 2.37. The number of para-hydroxylation sites is 1. The lowest BCUT2D eigenvalue weighted by Crippen LogP contribution is -2.44. The van der Waals surface area contributed by atoms with E-state index in [4.69, 9.17) is 4.52 Å². The first-order chi connectivity index (χ1) is 12.1. The lowest BCUT2D eigenvalue weighted by molar-refractivity contribution is -0.123. The standard InChI is InChI=1S/C18H20N4O2S/c1-12-19-17(22-24-12)18(10-4-5-11-18)21-15(23)8-9-16-20-13-6-2-3-7-14(13)25-16/h2-3,6-7H,4-5,8-11H2,1H3,(H,21,23). The van der Waals surface area contributed by atoms with E-state index in [1.807, 2.05) is 18.2 Å². The topological polar surface area (TPSA) is 80.9 Å². The first kappa shape index (κ1) is 16.2. The molecule has 0 spiro atoms. The lowest BCUT2D eigenvalue weighted by Gasteiger charge is -2.26. The summed E-state index contributed by atoms with van der Waals surface area (Å²) in [5.41, 5.74) is 0.528. The van der Waals surface area contributed by atoms with Gasteiger partial charge in [-0.2, -0.15) is 4.98 Å². The Morgan fingerprint density at radius 1 is 1.28 bits per heavy atom. The summed E-state index contributed by atoms with van der Waals surface area (Å²) in [7, 11) is 0. The average molecular weight is 356 g/mol. The molecule has 1 aromatic carbocycles. The van der Waals surface area contributed by atoms with Crippen LogP contribution in [0.2, 0.25) is 0 Å². The Morgan fingerprint density at radius 3 is 2.80 bits per heavy atom. The molecule has 130 valence electrons. The minimum atomic E-state index is -0.470. The van der Waals surface area contributed by atoms with Crippen molar-refractivity contribution in [1.29, 1.82) is 0 Å². The number of carbonyl (C=O) groups excluding carboxylic acids is 1. The van der Waals surface area contributed by atoms with Crippen molar-refractivity contribution < 1.29 is 9.32 Å². The Bertz CT molecular complexity index is 862. The van der Waals surface area contributed by atoms with E-state index < -0.39 is 5.54 Å². The summed E-state index contributed by atoms with van der Waals surface area (Å²) in [6.07, 6.45) is 4.90. The Balaban J connectivity index is 1.43. The number of hydrogen-bond donors (Lipinski definition) is 1. The minimum Gasteiger partial charge on any atom is -0.343 e. The Labute approximate surface area is 149 Å². The summed E-state index contributed by atoms with van der Waals surface area (Å²) in [5, 5.41) is 8.23. The van der Waals surface area contributed by atoms with E-state index in [1.165, 1.54) is 0 Å². The van der Waals surface area contributed by atoms with Gasteiger partial charge in [-0.05, 0) is 25.0 Å². The van der Waals surface area contributed by atoms with Crippen molar-refractivity contribution in [3.05, 3.63) is 41.0 Å². The van der Waals surface area contributed by atoms with Crippen molar-refractivity contribution in [1.82, 2.24) is 20.4 Å². The number of nitrogens with one attached hydrogen (secondary N) is 1. The molecule has 1 amide bonds. The average Bonchev–Trinajstić information content (AvgIpc) is 3.32. The molecule has 2 aromatic heterocycles. The second-order valence-electron chi connectivity index (χ2n) is 6.55. The molecular weight excluding hydrogens is 336 g/mol. The lowest BCUT2D eigenvalue weighted by atomic mass is 9.96.